The summed E-state index contributed by atoms with van der Waals surface area (Å²) in [5.41, 5.74) is 0.367. The van der Waals surface area contributed by atoms with Gasteiger partial charge in [-0.3, -0.25) is 0 Å². The van der Waals surface area contributed by atoms with E-state index >= 15 is 0 Å². The van der Waals surface area contributed by atoms with Crippen molar-refractivity contribution in [2.75, 3.05) is 6.67 Å². The normalized spacial score (nSPS) is 32.9. The molecule has 1 aliphatic rings. The van der Waals surface area contributed by atoms with Gasteiger partial charge >= 0.3 is 5.95 Å². The van der Waals surface area contributed by atoms with E-state index < -0.39 is 35.9 Å². The number of imidazole rings is 1. The van der Waals surface area contributed by atoms with Crippen LogP contribution in [0, 0.1) is 10.1 Å². The zero-order valence-corrected chi connectivity index (χ0v) is 10.6. The van der Waals surface area contributed by atoms with Crippen molar-refractivity contribution in [2.24, 2.45) is 0 Å². The van der Waals surface area contributed by atoms with Crippen LogP contribution in [0.3, 0.4) is 0 Å². The molecule has 0 spiro atoms. The molecule has 1 aromatic rings. The number of aromatic amines is 1. The van der Waals surface area contributed by atoms with E-state index in [2.05, 4.69) is 9.97 Å². The zero-order valence-electron chi connectivity index (χ0n) is 8.42. The van der Waals surface area contributed by atoms with Crippen molar-refractivity contribution in [2.45, 2.75) is 22.2 Å². The lowest BCUT2D eigenvalue weighted by atomic mass is 10.1. The van der Waals surface area contributed by atoms with Crippen molar-refractivity contribution in [3.8, 4) is 0 Å². The molecule has 0 radical (unpaired) electrons. The monoisotopic (exact) mass is 357 g/mol. The first-order valence-corrected chi connectivity index (χ1v) is 6.02. The van der Waals surface area contributed by atoms with Crippen LogP contribution >= 0.6 is 22.6 Å². The topological polar surface area (TPSA) is 101 Å². The van der Waals surface area contributed by atoms with Crippen LogP contribution in [-0.2, 0) is 4.74 Å². The molecule has 94 valence electrons. The number of nitro groups is 1. The SMILES string of the molecule is O=[N+]([O-])c1ncc([C@@H]2O[C@H](CF)[C@@H](O)[C@@H]2I)[nH]1. The number of aliphatic hydroxyl groups excluding tert-OH is 1. The minimum absolute atomic E-state index is 0.367. The van der Waals surface area contributed by atoms with E-state index in [1.54, 1.807) is 0 Å². The molecule has 0 bridgehead atoms. The Hall–Kier alpha value is -0.810. The molecule has 17 heavy (non-hydrogen) atoms. The largest absolute Gasteiger partial charge is 0.432 e. The molecule has 0 unspecified atom stereocenters. The van der Waals surface area contributed by atoms with Gasteiger partial charge in [0.05, 0.1) is 10.0 Å². The van der Waals surface area contributed by atoms with Gasteiger partial charge in [0.15, 0.2) is 0 Å². The third kappa shape index (κ3) is 2.26. The second kappa shape index (κ2) is 4.82. The summed E-state index contributed by atoms with van der Waals surface area (Å²) in [6.45, 7) is -0.798. The lowest BCUT2D eigenvalue weighted by molar-refractivity contribution is -0.393. The Labute approximate surface area is 109 Å². The molecule has 0 aliphatic carbocycles. The van der Waals surface area contributed by atoms with Crippen LogP contribution in [-0.4, -0.2) is 42.8 Å². The molecule has 0 aromatic carbocycles. The Balaban J connectivity index is 2.19. The maximum Gasteiger partial charge on any atom is 0.432 e. The van der Waals surface area contributed by atoms with Crippen LogP contribution in [0.1, 0.15) is 11.8 Å². The molecule has 0 saturated carbocycles. The number of halogens is 2. The van der Waals surface area contributed by atoms with Crippen molar-refractivity contribution in [3.05, 3.63) is 22.0 Å². The molecule has 2 N–H and O–H groups in total. The predicted octanol–water partition coefficient (Wildman–Crippen LogP) is 0.892. The summed E-state index contributed by atoms with van der Waals surface area (Å²) in [5, 5.41) is 20.1. The van der Waals surface area contributed by atoms with Crippen LogP contribution in [0.25, 0.3) is 0 Å². The summed E-state index contributed by atoms with van der Waals surface area (Å²) in [6.07, 6.45) is -1.19. The summed E-state index contributed by atoms with van der Waals surface area (Å²) < 4.78 is 17.4. The van der Waals surface area contributed by atoms with E-state index in [4.69, 9.17) is 4.74 Å². The van der Waals surface area contributed by atoms with E-state index in [-0.39, 0.29) is 3.92 Å². The Bertz CT molecular complexity index is 429. The second-order valence-corrected chi connectivity index (χ2v) is 5.04. The average Bonchev–Trinajstić information content (AvgIpc) is 2.87. The van der Waals surface area contributed by atoms with E-state index in [0.29, 0.717) is 5.69 Å². The zero-order chi connectivity index (χ0) is 12.6. The molecule has 0 amide bonds. The van der Waals surface area contributed by atoms with E-state index in [0.717, 1.165) is 0 Å². The Morgan fingerprint density at radius 2 is 2.47 bits per heavy atom. The molecular weight excluding hydrogens is 348 g/mol. The smallest absolute Gasteiger partial charge is 0.390 e. The second-order valence-electron chi connectivity index (χ2n) is 3.60. The minimum Gasteiger partial charge on any atom is -0.390 e. The van der Waals surface area contributed by atoms with Gasteiger partial charge in [0.1, 0.15) is 30.8 Å². The molecular formula is C8H9FIN3O4. The lowest BCUT2D eigenvalue weighted by Gasteiger charge is -2.09. The Morgan fingerprint density at radius 3 is 2.94 bits per heavy atom. The number of ether oxygens (including phenoxy) is 1. The van der Waals surface area contributed by atoms with E-state index in [1.165, 1.54) is 6.20 Å². The van der Waals surface area contributed by atoms with Gasteiger partial charge in [0, 0.05) is 0 Å². The maximum atomic E-state index is 12.5. The number of aromatic nitrogens is 2. The Morgan fingerprint density at radius 1 is 1.76 bits per heavy atom. The third-order valence-electron chi connectivity index (χ3n) is 2.53. The van der Waals surface area contributed by atoms with Crippen molar-refractivity contribution in [3.63, 3.8) is 0 Å². The molecule has 1 fully saturated rings. The minimum atomic E-state index is -0.937. The van der Waals surface area contributed by atoms with Crippen LogP contribution in [0.15, 0.2) is 6.20 Å². The number of alkyl halides is 2. The highest BCUT2D eigenvalue weighted by Gasteiger charge is 2.44. The number of hydrogen-bond acceptors (Lipinski definition) is 5. The molecule has 2 rings (SSSR count). The van der Waals surface area contributed by atoms with Gasteiger partial charge < -0.3 is 20.0 Å². The first kappa shape index (κ1) is 12.6. The van der Waals surface area contributed by atoms with Crippen molar-refractivity contribution < 1.29 is 19.2 Å². The van der Waals surface area contributed by atoms with Crippen LogP contribution < -0.4 is 0 Å². The first-order valence-electron chi connectivity index (χ1n) is 4.77. The molecule has 7 nitrogen and oxygen atoms in total. The highest BCUT2D eigenvalue weighted by molar-refractivity contribution is 14.1. The standard InChI is InChI=1S/C8H9FIN3O4/c9-1-4-6(14)5(10)7(17-4)3-2-11-8(12-3)13(15)16/h2,4-7,14H,1H2,(H,11,12)/t4-,5+,6-,7+/m1/s1. The van der Waals surface area contributed by atoms with Gasteiger partial charge in [-0.05, 0) is 4.92 Å². The summed E-state index contributed by atoms with van der Waals surface area (Å²) in [4.78, 5) is 15.8. The van der Waals surface area contributed by atoms with Crippen molar-refractivity contribution in [1.82, 2.24) is 9.97 Å². The fourth-order valence-corrected chi connectivity index (χ4v) is 2.68. The van der Waals surface area contributed by atoms with Crippen LogP contribution in [0.5, 0.6) is 0 Å². The molecule has 4 atom stereocenters. The number of aliphatic hydroxyl groups is 1. The summed E-state index contributed by atoms with van der Waals surface area (Å²) in [5.74, 6) is -0.398. The average molecular weight is 357 g/mol. The van der Waals surface area contributed by atoms with Crippen LogP contribution in [0.2, 0.25) is 0 Å². The fourth-order valence-electron chi connectivity index (χ4n) is 1.66. The predicted molar refractivity (Wildman–Crippen MR) is 62.6 cm³/mol. The summed E-state index contributed by atoms with van der Waals surface area (Å²) in [6, 6.07) is 0. The number of nitrogens with zero attached hydrogens (tertiary/aromatic N) is 2. The van der Waals surface area contributed by atoms with Gasteiger partial charge in [0.2, 0.25) is 0 Å². The van der Waals surface area contributed by atoms with Gasteiger partial charge in [0.25, 0.3) is 0 Å². The number of nitrogens with one attached hydrogen (secondary N) is 1. The van der Waals surface area contributed by atoms with E-state index in [9.17, 15) is 19.6 Å². The highest BCUT2D eigenvalue weighted by Crippen LogP contribution is 2.38. The number of H-pyrrole nitrogens is 1. The van der Waals surface area contributed by atoms with Gasteiger partial charge in [-0.25, -0.2) is 9.37 Å². The Kier molecular flexibility index (Phi) is 3.58. The third-order valence-corrected chi connectivity index (χ3v) is 3.92. The lowest BCUT2D eigenvalue weighted by Crippen LogP contribution is -2.28. The van der Waals surface area contributed by atoms with Gasteiger partial charge in [-0.1, -0.05) is 27.6 Å². The highest BCUT2D eigenvalue weighted by atomic mass is 127. The van der Waals surface area contributed by atoms with Crippen molar-refractivity contribution in [1.29, 1.82) is 0 Å². The maximum absolute atomic E-state index is 12.5. The van der Waals surface area contributed by atoms with Gasteiger partial charge in [-0.15, -0.1) is 0 Å². The number of hydrogen-bond donors (Lipinski definition) is 2. The quantitative estimate of drug-likeness (QED) is 0.362. The molecule has 2 heterocycles. The summed E-state index contributed by atoms with van der Waals surface area (Å²) >= 11 is 1.93. The fraction of sp³-hybridized carbons (Fsp3) is 0.625. The van der Waals surface area contributed by atoms with Gasteiger partial charge in [-0.2, -0.15) is 0 Å². The first-order chi connectivity index (χ1) is 8.04. The molecule has 9 heteroatoms. The summed E-state index contributed by atoms with van der Waals surface area (Å²) in [7, 11) is 0. The number of rotatable bonds is 3. The van der Waals surface area contributed by atoms with Crippen LogP contribution in [0.4, 0.5) is 10.3 Å². The van der Waals surface area contributed by atoms with Crippen molar-refractivity contribution >= 4 is 28.5 Å². The molecule has 1 aliphatic heterocycles. The molecule has 1 aromatic heterocycles. The van der Waals surface area contributed by atoms with E-state index in [1.807, 2.05) is 22.6 Å². The molecule has 1 saturated heterocycles.